The number of anilines is 1. The number of imidazole rings is 1. The lowest BCUT2D eigenvalue weighted by atomic mass is 10.2. The van der Waals surface area contributed by atoms with E-state index in [-0.39, 0.29) is 5.91 Å². The second-order valence-electron chi connectivity index (χ2n) is 7.42. The van der Waals surface area contributed by atoms with E-state index in [4.69, 9.17) is 21.3 Å². The molecule has 4 rings (SSSR count). The quantitative estimate of drug-likeness (QED) is 0.265. The van der Waals surface area contributed by atoms with Gasteiger partial charge in [0.2, 0.25) is 0 Å². The molecule has 0 saturated heterocycles. The van der Waals surface area contributed by atoms with Crippen LogP contribution in [0.5, 0.6) is 5.75 Å². The molecule has 0 radical (unpaired) electrons. The van der Waals surface area contributed by atoms with E-state index in [1.807, 2.05) is 53.2 Å². The van der Waals surface area contributed by atoms with E-state index >= 15 is 0 Å². The van der Waals surface area contributed by atoms with E-state index < -0.39 is 0 Å². The van der Waals surface area contributed by atoms with Crippen LogP contribution in [0.25, 0.3) is 10.2 Å². The van der Waals surface area contributed by atoms with Gasteiger partial charge in [0.05, 0.1) is 22.7 Å². The van der Waals surface area contributed by atoms with Gasteiger partial charge in [0.15, 0.2) is 5.13 Å². The number of hydrogen-bond donors (Lipinski definition) is 0. The molecule has 2 heterocycles. The molecule has 0 aliphatic carbocycles. The van der Waals surface area contributed by atoms with Crippen LogP contribution in [0, 0.1) is 0 Å². The number of nitrogens with zero attached hydrogens (tertiary/aromatic N) is 4. The van der Waals surface area contributed by atoms with Crippen LogP contribution < -0.4 is 9.64 Å². The summed E-state index contributed by atoms with van der Waals surface area (Å²) in [4.78, 5) is 24.0. The Hall–Kier alpha value is -2.90. The van der Waals surface area contributed by atoms with Crippen LogP contribution in [0.3, 0.4) is 0 Å². The molecular formula is C24H25ClN4O2S. The molecule has 2 aromatic carbocycles. The van der Waals surface area contributed by atoms with E-state index in [1.54, 1.807) is 17.4 Å². The first-order valence-electron chi connectivity index (χ1n) is 10.7. The third-order valence-corrected chi connectivity index (χ3v) is 6.41. The highest BCUT2D eigenvalue weighted by molar-refractivity contribution is 7.22. The zero-order chi connectivity index (χ0) is 22.3. The fourth-order valence-corrected chi connectivity index (χ4v) is 4.61. The van der Waals surface area contributed by atoms with E-state index in [0.29, 0.717) is 28.9 Å². The van der Waals surface area contributed by atoms with Gasteiger partial charge < -0.3 is 9.30 Å². The number of amides is 1. The third-order valence-electron chi connectivity index (χ3n) is 5.06. The van der Waals surface area contributed by atoms with E-state index in [0.717, 1.165) is 41.8 Å². The first kappa shape index (κ1) is 22.3. The highest BCUT2D eigenvalue weighted by Gasteiger charge is 2.22. The number of carbonyl (C=O) groups excluding carboxylic acids is 1. The Morgan fingerprint density at radius 3 is 2.75 bits per heavy atom. The minimum Gasteiger partial charge on any atom is -0.494 e. The van der Waals surface area contributed by atoms with Gasteiger partial charge in [-0.15, -0.1) is 0 Å². The minimum atomic E-state index is -0.0917. The normalized spacial score (nSPS) is 11.1. The molecule has 166 valence electrons. The first-order valence-corrected chi connectivity index (χ1v) is 11.9. The molecule has 0 unspecified atom stereocenters. The summed E-state index contributed by atoms with van der Waals surface area (Å²) in [5.41, 5.74) is 1.32. The van der Waals surface area contributed by atoms with Gasteiger partial charge in [0.1, 0.15) is 11.3 Å². The van der Waals surface area contributed by atoms with Crippen LogP contribution in [0.1, 0.15) is 36.5 Å². The number of para-hydroxylation sites is 1. The van der Waals surface area contributed by atoms with Crippen LogP contribution in [0.2, 0.25) is 5.02 Å². The molecule has 0 aliphatic rings. The van der Waals surface area contributed by atoms with Crippen molar-refractivity contribution in [3.8, 4) is 5.75 Å². The number of carbonyl (C=O) groups is 1. The maximum absolute atomic E-state index is 13.5. The molecule has 1 amide bonds. The van der Waals surface area contributed by atoms with Crippen LogP contribution in [0.15, 0.2) is 61.2 Å². The summed E-state index contributed by atoms with van der Waals surface area (Å²) in [6.07, 6.45) is 8.30. The predicted octanol–water partition coefficient (Wildman–Crippen LogP) is 6.06. The summed E-state index contributed by atoms with van der Waals surface area (Å²) in [6.45, 7) is 4.10. The van der Waals surface area contributed by atoms with Crippen molar-refractivity contribution >= 4 is 44.2 Å². The molecule has 0 atom stereocenters. The Labute approximate surface area is 196 Å². The number of ether oxygens (including phenoxy) is 1. The maximum Gasteiger partial charge on any atom is 0.260 e. The molecule has 8 heteroatoms. The zero-order valence-corrected chi connectivity index (χ0v) is 19.5. The Bertz CT molecular complexity index is 1160. The molecule has 0 fully saturated rings. The van der Waals surface area contributed by atoms with Crippen LogP contribution >= 0.6 is 22.9 Å². The van der Waals surface area contributed by atoms with Crippen molar-refractivity contribution in [1.82, 2.24) is 14.5 Å². The number of halogens is 1. The standard InChI is InChI=1S/C24H25ClN4O2S/c1-2-3-16-31-19-10-8-18(9-11-19)23(30)29(14-5-13-28-15-12-26-17-28)24-27-22-20(25)6-4-7-21(22)32-24/h4,6-12,15,17H,2-3,5,13-14,16H2,1H3. The lowest BCUT2D eigenvalue weighted by molar-refractivity contribution is 0.0986. The number of thiazole rings is 1. The summed E-state index contributed by atoms with van der Waals surface area (Å²) < 4.78 is 8.69. The van der Waals surface area contributed by atoms with Crippen molar-refractivity contribution in [1.29, 1.82) is 0 Å². The smallest absolute Gasteiger partial charge is 0.260 e. The molecule has 0 spiro atoms. The topological polar surface area (TPSA) is 60.2 Å². The highest BCUT2D eigenvalue weighted by Crippen LogP contribution is 2.33. The summed E-state index contributed by atoms with van der Waals surface area (Å²) in [5.74, 6) is 0.680. The third kappa shape index (κ3) is 5.29. The summed E-state index contributed by atoms with van der Waals surface area (Å²) in [5, 5.41) is 1.23. The number of hydrogen-bond acceptors (Lipinski definition) is 5. The molecule has 32 heavy (non-hydrogen) atoms. The minimum absolute atomic E-state index is 0.0917. The number of rotatable bonds is 10. The highest BCUT2D eigenvalue weighted by atomic mass is 35.5. The molecular weight excluding hydrogens is 444 g/mol. The van der Waals surface area contributed by atoms with Gasteiger partial charge in [-0.1, -0.05) is 42.3 Å². The number of benzene rings is 2. The van der Waals surface area contributed by atoms with Gasteiger partial charge in [0, 0.05) is 31.0 Å². The fourth-order valence-electron chi connectivity index (χ4n) is 3.32. The van der Waals surface area contributed by atoms with Gasteiger partial charge in [-0.2, -0.15) is 0 Å². The summed E-state index contributed by atoms with van der Waals surface area (Å²) in [6, 6.07) is 13.0. The predicted molar refractivity (Wildman–Crippen MR) is 130 cm³/mol. The Morgan fingerprint density at radius 1 is 1.19 bits per heavy atom. The van der Waals surface area contributed by atoms with E-state index in [2.05, 4.69) is 11.9 Å². The Kier molecular flexibility index (Phi) is 7.39. The van der Waals surface area contributed by atoms with Crippen LogP contribution in [0.4, 0.5) is 5.13 Å². The number of unbranched alkanes of at least 4 members (excludes halogenated alkanes) is 1. The fraction of sp³-hybridized carbons (Fsp3) is 0.292. The monoisotopic (exact) mass is 468 g/mol. The molecule has 0 N–H and O–H groups in total. The lowest BCUT2D eigenvalue weighted by Crippen LogP contribution is -2.32. The van der Waals surface area contributed by atoms with Gasteiger partial charge >= 0.3 is 0 Å². The number of aryl methyl sites for hydroxylation is 1. The van der Waals surface area contributed by atoms with Gasteiger partial charge in [0.25, 0.3) is 5.91 Å². The average molecular weight is 469 g/mol. The molecule has 6 nitrogen and oxygen atoms in total. The SMILES string of the molecule is CCCCOc1ccc(C(=O)N(CCCn2ccnc2)c2nc3c(Cl)cccc3s2)cc1. The second-order valence-corrected chi connectivity index (χ2v) is 8.84. The average Bonchev–Trinajstić information content (AvgIpc) is 3.48. The van der Waals surface area contributed by atoms with Gasteiger partial charge in [-0.3, -0.25) is 9.69 Å². The number of fused-ring (bicyclic) bond motifs is 1. The van der Waals surface area contributed by atoms with Crippen LogP contribution in [-0.2, 0) is 6.54 Å². The molecule has 4 aromatic rings. The van der Waals surface area contributed by atoms with Crippen molar-refractivity contribution in [2.75, 3.05) is 18.1 Å². The molecule has 0 aliphatic heterocycles. The summed E-state index contributed by atoms with van der Waals surface area (Å²) >= 11 is 7.80. The van der Waals surface area contributed by atoms with Crippen molar-refractivity contribution in [2.24, 2.45) is 0 Å². The van der Waals surface area contributed by atoms with Crippen molar-refractivity contribution in [3.05, 3.63) is 71.8 Å². The van der Waals surface area contributed by atoms with Crippen LogP contribution in [-0.4, -0.2) is 33.6 Å². The lowest BCUT2D eigenvalue weighted by Gasteiger charge is -2.20. The molecule has 2 aromatic heterocycles. The Morgan fingerprint density at radius 2 is 2.03 bits per heavy atom. The second kappa shape index (κ2) is 10.6. The first-order chi connectivity index (χ1) is 15.7. The molecule has 0 saturated carbocycles. The van der Waals surface area contributed by atoms with Crippen molar-refractivity contribution in [3.63, 3.8) is 0 Å². The molecule has 0 bridgehead atoms. The van der Waals surface area contributed by atoms with Gasteiger partial charge in [-0.05, 0) is 49.2 Å². The number of aromatic nitrogens is 3. The Balaban J connectivity index is 1.55. The van der Waals surface area contributed by atoms with E-state index in [9.17, 15) is 4.79 Å². The van der Waals surface area contributed by atoms with Gasteiger partial charge in [-0.25, -0.2) is 9.97 Å². The van der Waals surface area contributed by atoms with Crippen molar-refractivity contribution < 1.29 is 9.53 Å². The summed E-state index contributed by atoms with van der Waals surface area (Å²) in [7, 11) is 0. The van der Waals surface area contributed by atoms with E-state index in [1.165, 1.54) is 11.3 Å². The van der Waals surface area contributed by atoms with Crippen molar-refractivity contribution in [2.45, 2.75) is 32.7 Å². The maximum atomic E-state index is 13.5. The zero-order valence-electron chi connectivity index (χ0n) is 17.9. The largest absolute Gasteiger partial charge is 0.494 e.